The molecular formula is C21H27N3O4. The molecule has 1 saturated heterocycles. The summed E-state index contributed by atoms with van der Waals surface area (Å²) < 4.78 is 10.7. The summed E-state index contributed by atoms with van der Waals surface area (Å²) in [7, 11) is 0. The number of benzene rings is 1. The fourth-order valence-corrected chi connectivity index (χ4v) is 3.40. The van der Waals surface area contributed by atoms with Gasteiger partial charge in [-0.15, -0.1) is 0 Å². The highest BCUT2D eigenvalue weighted by Gasteiger charge is 2.24. The Morgan fingerprint density at radius 3 is 2.54 bits per heavy atom. The van der Waals surface area contributed by atoms with Crippen molar-refractivity contribution in [1.29, 1.82) is 0 Å². The topological polar surface area (TPSA) is 83.7 Å². The minimum absolute atomic E-state index is 0.223. The Balaban J connectivity index is 1.84. The van der Waals surface area contributed by atoms with Crippen LogP contribution in [-0.4, -0.2) is 49.3 Å². The number of carbonyl (C=O) groups excluding carboxylic acids is 2. The van der Waals surface area contributed by atoms with Crippen LogP contribution in [0.5, 0.6) is 0 Å². The lowest BCUT2D eigenvalue weighted by Crippen LogP contribution is -2.36. The summed E-state index contributed by atoms with van der Waals surface area (Å²) in [6.07, 6.45) is -0.223. The smallest absolute Gasteiger partial charge is 0.340 e. The number of aryl methyl sites for hydroxylation is 1. The molecule has 0 bridgehead atoms. The van der Waals surface area contributed by atoms with E-state index >= 15 is 0 Å². The first-order valence-electron chi connectivity index (χ1n) is 9.51. The molecule has 2 heterocycles. The van der Waals surface area contributed by atoms with Crippen LogP contribution in [0.1, 0.15) is 46.0 Å². The predicted molar refractivity (Wildman–Crippen MR) is 108 cm³/mol. The zero-order chi connectivity index (χ0) is 20.3. The predicted octanol–water partition coefficient (Wildman–Crippen LogP) is 3.29. The number of anilines is 2. The first kappa shape index (κ1) is 19.9. The van der Waals surface area contributed by atoms with Crippen LogP contribution >= 0.6 is 0 Å². The third kappa shape index (κ3) is 4.20. The first-order valence-corrected chi connectivity index (χ1v) is 9.51. The van der Waals surface area contributed by atoms with Gasteiger partial charge in [0.15, 0.2) is 0 Å². The lowest BCUT2D eigenvalue weighted by molar-refractivity contribution is 0.0376. The van der Waals surface area contributed by atoms with Crippen molar-refractivity contribution >= 4 is 23.3 Å². The monoisotopic (exact) mass is 385 g/mol. The van der Waals surface area contributed by atoms with Crippen LogP contribution in [0.3, 0.4) is 0 Å². The molecule has 0 radical (unpaired) electrons. The van der Waals surface area contributed by atoms with Crippen molar-refractivity contribution in [2.75, 3.05) is 36.5 Å². The van der Waals surface area contributed by atoms with Gasteiger partial charge >= 0.3 is 5.97 Å². The van der Waals surface area contributed by atoms with E-state index in [1.807, 2.05) is 24.3 Å². The molecule has 1 aliphatic heterocycles. The molecule has 150 valence electrons. The van der Waals surface area contributed by atoms with Gasteiger partial charge in [0.1, 0.15) is 5.69 Å². The molecule has 0 unspecified atom stereocenters. The van der Waals surface area contributed by atoms with Crippen molar-refractivity contribution in [3.05, 3.63) is 46.8 Å². The molecule has 0 aliphatic carbocycles. The molecule has 3 rings (SSSR count). The molecule has 0 atom stereocenters. The average Bonchev–Trinajstić information content (AvgIpc) is 2.96. The van der Waals surface area contributed by atoms with Crippen LogP contribution in [0.2, 0.25) is 0 Å². The van der Waals surface area contributed by atoms with Crippen LogP contribution in [0.25, 0.3) is 0 Å². The number of nitrogens with zero attached hydrogens (tertiary/aromatic N) is 1. The maximum absolute atomic E-state index is 12.9. The number of aromatic nitrogens is 1. The Kier molecular flexibility index (Phi) is 6.04. The van der Waals surface area contributed by atoms with E-state index in [2.05, 4.69) is 15.2 Å². The zero-order valence-electron chi connectivity index (χ0n) is 16.8. The fraction of sp³-hybridized carbons (Fsp3) is 0.429. The van der Waals surface area contributed by atoms with Gasteiger partial charge in [-0.2, -0.15) is 0 Å². The summed E-state index contributed by atoms with van der Waals surface area (Å²) in [6, 6.07) is 7.70. The number of rotatable bonds is 5. The van der Waals surface area contributed by atoms with Crippen molar-refractivity contribution in [1.82, 2.24) is 4.98 Å². The van der Waals surface area contributed by atoms with Gasteiger partial charge in [-0.05, 0) is 45.4 Å². The fourth-order valence-electron chi connectivity index (χ4n) is 3.40. The van der Waals surface area contributed by atoms with Crippen LogP contribution in [0.4, 0.5) is 11.4 Å². The highest BCUT2D eigenvalue weighted by Crippen LogP contribution is 2.28. The largest absolute Gasteiger partial charge is 0.459 e. The molecule has 7 nitrogen and oxygen atoms in total. The Morgan fingerprint density at radius 1 is 1.18 bits per heavy atom. The molecule has 7 heteroatoms. The SMILES string of the molecule is Cc1[nH]c(C(=O)Nc2ccccc2N2CCOCC2)c(C)c1C(=O)OC(C)C. The molecule has 1 aromatic heterocycles. The molecule has 0 saturated carbocycles. The number of hydrogen-bond donors (Lipinski definition) is 2. The van der Waals surface area contributed by atoms with E-state index in [0.29, 0.717) is 35.7 Å². The van der Waals surface area contributed by atoms with Gasteiger partial charge in [-0.25, -0.2) is 4.79 Å². The molecular weight excluding hydrogens is 358 g/mol. The average molecular weight is 385 g/mol. The van der Waals surface area contributed by atoms with Gasteiger partial charge in [0.2, 0.25) is 0 Å². The van der Waals surface area contributed by atoms with E-state index in [1.165, 1.54) is 0 Å². The summed E-state index contributed by atoms with van der Waals surface area (Å²) in [6.45, 7) is 10.00. The second-order valence-electron chi connectivity index (χ2n) is 7.15. The Morgan fingerprint density at radius 2 is 1.86 bits per heavy atom. The number of nitrogens with one attached hydrogen (secondary N) is 2. The number of ether oxygens (including phenoxy) is 2. The highest BCUT2D eigenvalue weighted by molar-refractivity contribution is 6.08. The number of H-pyrrole nitrogens is 1. The van der Waals surface area contributed by atoms with Gasteiger partial charge in [-0.1, -0.05) is 12.1 Å². The van der Waals surface area contributed by atoms with Gasteiger partial charge < -0.3 is 24.7 Å². The lowest BCUT2D eigenvalue weighted by atomic mass is 10.1. The zero-order valence-corrected chi connectivity index (χ0v) is 16.8. The molecule has 1 fully saturated rings. The van der Waals surface area contributed by atoms with E-state index < -0.39 is 5.97 Å². The van der Waals surface area contributed by atoms with Crippen molar-refractivity contribution < 1.29 is 19.1 Å². The number of para-hydroxylation sites is 2. The van der Waals surface area contributed by atoms with E-state index in [1.54, 1.807) is 27.7 Å². The van der Waals surface area contributed by atoms with Crippen LogP contribution in [0.15, 0.2) is 24.3 Å². The summed E-state index contributed by atoms with van der Waals surface area (Å²) in [5.41, 5.74) is 3.68. The second-order valence-corrected chi connectivity index (χ2v) is 7.15. The molecule has 2 aromatic rings. The summed E-state index contributed by atoms with van der Waals surface area (Å²) >= 11 is 0. The molecule has 28 heavy (non-hydrogen) atoms. The Hall–Kier alpha value is -2.80. The van der Waals surface area contributed by atoms with E-state index in [4.69, 9.17) is 9.47 Å². The van der Waals surface area contributed by atoms with Gasteiger partial charge in [-0.3, -0.25) is 4.79 Å². The summed E-state index contributed by atoms with van der Waals surface area (Å²) in [5, 5.41) is 2.98. The minimum Gasteiger partial charge on any atom is -0.459 e. The Bertz CT molecular complexity index is 867. The molecule has 1 amide bonds. The van der Waals surface area contributed by atoms with Crippen molar-refractivity contribution in [2.24, 2.45) is 0 Å². The van der Waals surface area contributed by atoms with Crippen LogP contribution in [-0.2, 0) is 9.47 Å². The van der Waals surface area contributed by atoms with Gasteiger partial charge in [0.25, 0.3) is 5.91 Å². The maximum atomic E-state index is 12.9. The maximum Gasteiger partial charge on any atom is 0.340 e. The number of morpholine rings is 1. The van der Waals surface area contributed by atoms with Crippen LogP contribution in [0, 0.1) is 13.8 Å². The Labute approximate surface area is 165 Å². The summed E-state index contributed by atoms with van der Waals surface area (Å²) in [4.78, 5) is 30.5. The van der Waals surface area contributed by atoms with Crippen LogP contribution < -0.4 is 10.2 Å². The quantitative estimate of drug-likeness (QED) is 0.772. The number of hydrogen-bond acceptors (Lipinski definition) is 5. The third-order valence-corrected chi connectivity index (χ3v) is 4.72. The molecule has 1 aromatic carbocycles. The highest BCUT2D eigenvalue weighted by atomic mass is 16.5. The minimum atomic E-state index is -0.422. The molecule has 0 spiro atoms. The van der Waals surface area contributed by atoms with Crippen molar-refractivity contribution in [2.45, 2.75) is 33.8 Å². The second kappa shape index (κ2) is 8.48. The van der Waals surface area contributed by atoms with Crippen molar-refractivity contribution in [3.63, 3.8) is 0 Å². The molecule has 2 N–H and O–H groups in total. The van der Waals surface area contributed by atoms with E-state index in [0.717, 1.165) is 24.5 Å². The first-order chi connectivity index (χ1) is 13.4. The van der Waals surface area contributed by atoms with Crippen molar-refractivity contribution in [3.8, 4) is 0 Å². The van der Waals surface area contributed by atoms with E-state index in [-0.39, 0.29) is 12.0 Å². The van der Waals surface area contributed by atoms with Gasteiger partial charge in [0.05, 0.1) is 36.3 Å². The van der Waals surface area contributed by atoms with E-state index in [9.17, 15) is 9.59 Å². The number of aromatic amines is 1. The summed E-state index contributed by atoms with van der Waals surface area (Å²) in [5.74, 6) is -0.709. The number of esters is 1. The lowest BCUT2D eigenvalue weighted by Gasteiger charge is -2.30. The normalized spacial score (nSPS) is 14.2. The molecule has 1 aliphatic rings. The standard InChI is InChI=1S/C21H27N3O4/c1-13(2)28-21(26)18-14(3)19(22-15(18)4)20(25)23-16-7-5-6-8-17(16)24-9-11-27-12-10-24/h5-8,13,22H,9-12H2,1-4H3,(H,23,25). The van der Waals surface area contributed by atoms with Gasteiger partial charge in [0, 0.05) is 18.8 Å². The number of amides is 1. The third-order valence-electron chi connectivity index (χ3n) is 4.72. The number of carbonyl (C=O) groups is 2.